The van der Waals surface area contributed by atoms with E-state index in [0.717, 1.165) is 0 Å². The topological polar surface area (TPSA) is 104 Å². The fraction of sp³-hybridized carbons (Fsp3) is 0.150. The summed E-state index contributed by atoms with van der Waals surface area (Å²) in [6.07, 6.45) is 1.81. The molecule has 0 bridgehead atoms. The van der Waals surface area contributed by atoms with E-state index < -0.39 is 10.0 Å². The number of rotatable bonds is 3. The molecule has 29 heavy (non-hydrogen) atoms. The monoisotopic (exact) mass is 408 g/mol. The number of nitrogens with zero attached hydrogens (tertiary/aromatic N) is 2. The zero-order valence-corrected chi connectivity index (χ0v) is 16.2. The van der Waals surface area contributed by atoms with E-state index in [1.165, 1.54) is 35.6 Å². The van der Waals surface area contributed by atoms with E-state index in [-0.39, 0.29) is 34.0 Å². The number of benzene rings is 2. The molecule has 0 radical (unpaired) electrons. The number of hydrogen-bond acceptors (Lipinski definition) is 4. The third-order valence-electron chi connectivity index (χ3n) is 4.83. The lowest BCUT2D eigenvalue weighted by atomic mass is 10.1. The molecule has 1 amide bonds. The number of aromatic amines is 1. The van der Waals surface area contributed by atoms with Gasteiger partial charge in [-0.15, -0.1) is 0 Å². The fourth-order valence-corrected chi connectivity index (χ4v) is 5.31. The molecule has 0 spiro atoms. The van der Waals surface area contributed by atoms with Crippen molar-refractivity contribution in [3.05, 3.63) is 69.9 Å². The molecule has 0 saturated carbocycles. The summed E-state index contributed by atoms with van der Waals surface area (Å²) in [6.45, 7) is 8.84. The van der Waals surface area contributed by atoms with Crippen LogP contribution in [-0.2, 0) is 21.2 Å². The van der Waals surface area contributed by atoms with Crippen molar-refractivity contribution in [2.75, 3.05) is 16.2 Å². The van der Waals surface area contributed by atoms with Crippen molar-refractivity contribution in [3.8, 4) is 0 Å². The molecular weight excluding hydrogens is 392 g/mol. The second-order valence-corrected chi connectivity index (χ2v) is 8.47. The molecule has 2 aromatic carbocycles. The van der Waals surface area contributed by atoms with Crippen LogP contribution in [0.5, 0.6) is 0 Å². The lowest BCUT2D eigenvalue weighted by molar-refractivity contribution is -0.114. The molecule has 1 aromatic heterocycles. The molecule has 0 fully saturated rings. The van der Waals surface area contributed by atoms with Crippen LogP contribution >= 0.6 is 0 Å². The van der Waals surface area contributed by atoms with Crippen LogP contribution < -0.4 is 15.2 Å². The zero-order valence-electron chi connectivity index (χ0n) is 15.4. The summed E-state index contributed by atoms with van der Waals surface area (Å²) in [5.41, 5.74) is 1.32. The number of pyridine rings is 1. The number of anilines is 2. The first-order chi connectivity index (χ1) is 13.8. The number of sulfonamides is 1. The molecule has 3 aromatic rings. The van der Waals surface area contributed by atoms with Gasteiger partial charge in [0.2, 0.25) is 5.91 Å². The number of carbonyl (C=O) groups is 1. The molecular formula is C20H16N4O4S. The van der Waals surface area contributed by atoms with Gasteiger partial charge in [0.1, 0.15) is 0 Å². The Balaban J connectivity index is 1.91. The van der Waals surface area contributed by atoms with E-state index in [0.29, 0.717) is 28.7 Å². The van der Waals surface area contributed by atoms with Crippen LogP contribution in [0.25, 0.3) is 15.6 Å². The summed E-state index contributed by atoms with van der Waals surface area (Å²) in [5.74, 6) is -0.302. The lowest BCUT2D eigenvalue weighted by Gasteiger charge is -2.21. The maximum absolute atomic E-state index is 13.5. The smallest absolute Gasteiger partial charge is 0.264 e. The van der Waals surface area contributed by atoms with E-state index in [4.69, 9.17) is 6.57 Å². The van der Waals surface area contributed by atoms with E-state index in [9.17, 15) is 18.0 Å². The maximum Gasteiger partial charge on any atom is 0.264 e. The van der Waals surface area contributed by atoms with Crippen molar-refractivity contribution >= 4 is 43.8 Å². The van der Waals surface area contributed by atoms with Crippen LogP contribution in [0, 0.1) is 6.57 Å². The van der Waals surface area contributed by atoms with Gasteiger partial charge in [-0.25, -0.2) is 13.3 Å². The number of carbonyl (C=O) groups excluding carboxylic acids is 1. The summed E-state index contributed by atoms with van der Waals surface area (Å²) < 4.78 is 28.2. The fourth-order valence-electron chi connectivity index (χ4n) is 3.61. The zero-order chi connectivity index (χ0) is 20.8. The summed E-state index contributed by atoms with van der Waals surface area (Å²) in [5, 5.41) is 3.29. The van der Waals surface area contributed by atoms with Gasteiger partial charge in [-0.1, -0.05) is 6.07 Å². The highest BCUT2D eigenvalue weighted by molar-refractivity contribution is 7.93. The highest BCUT2D eigenvalue weighted by Crippen LogP contribution is 2.41. The van der Waals surface area contributed by atoms with Gasteiger partial charge in [-0.2, -0.15) is 0 Å². The van der Waals surface area contributed by atoms with Crippen LogP contribution in [0.2, 0.25) is 0 Å². The Labute approximate surface area is 166 Å². The summed E-state index contributed by atoms with van der Waals surface area (Å²) in [6, 6.07) is 9.16. The molecule has 0 atom stereocenters. The first kappa shape index (κ1) is 18.7. The van der Waals surface area contributed by atoms with Crippen molar-refractivity contribution in [2.45, 2.75) is 18.2 Å². The quantitative estimate of drug-likeness (QED) is 0.650. The predicted molar refractivity (Wildman–Crippen MR) is 110 cm³/mol. The molecule has 1 aliphatic heterocycles. The Morgan fingerprint density at radius 3 is 2.76 bits per heavy atom. The summed E-state index contributed by atoms with van der Waals surface area (Å²) >= 11 is 0. The Hall–Kier alpha value is -3.64. The normalized spacial score (nSPS) is 13.2. The minimum atomic E-state index is -4.00. The van der Waals surface area contributed by atoms with E-state index in [2.05, 4.69) is 15.1 Å². The second-order valence-electron chi connectivity index (χ2n) is 6.64. The minimum absolute atomic E-state index is 0.0169. The van der Waals surface area contributed by atoms with Gasteiger partial charge in [-0.3, -0.25) is 13.9 Å². The number of nitrogens with one attached hydrogen (secondary N) is 2. The molecule has 2 heterocycles. The third-order valence-corrected chi connectivity index (χ3v) is 6.70. The molecule has 0 unspecified atom stereocenters. The average Bonchev–Trinajstić information content (AvgIpc) is 3.12. The largest absolute Gasteiger partial charge is 0.329 e. The number of amides is 1. The van der Waals surface area contributed by atoms with Crippen molar-refractivity contribution < 1.29 is 13.2 Å². The van der Waals surface area contributed by atoms with Gasteiger partial charge in [0.25, 0.3) is 15.6 Å². The number of H-pyrrole nitrogens is 1. The molecule has 2 N–H and O–H groups in total. The van der Waals surface area contributed by atoms with Gasteiger partial charge in [-0.05, 0) is 42.3 Å². The molecule has 146 valence electrons. The van der Waals surface area contributed by atoms with Crippen LogP contribution in [-0.4, -0.2) is 25.9 Å². The SMILES string of the molecule is [C-]#[N+]c1cc(NC(C)=O)c2c(c1)N(S(=O)(=O)c1cccc3c(=O)[nH]ccc13)CC2. The number of aromatic nitrogens is 1. The standard InChI is InChI=1S/C20H16N4O4S/c1-12(25)23-17-10-13(21-2)11-18-16(17)7-9-24(18)29(27,28)19-5-3-4-15-14(19)6-8-22-20(15)26/h3-6,8,10-11H,7,9H2,1H3,(H,22,26)(H,23,25). The Bertz CT molecular complexity index is 1370. The van der Waals surface area contributed by atoms with Crippen LogP contribution in [0.4, 0.5) is 17.1 Å². The van der Waals surface area contributed by atoms with Crippen molar-refractivity contribution in [2.24, 2.45) is 0 Å². The Morgan fingerprint density at radius 2 is 2.03 bits per heavy atom. The average molecular weight is 408 g/mol. The van der Waals surface area contributed by atoms with Crippen molar-refractivity contribution in [3.63, 3.8) is 0 Å². The second kappa shape index (κ2) is 6.76. The van der Waals surface area contributed by atoms with E-state index in [1.807, 2.05) is 0 Å². The summed E-state index contributed by atoms with van der Waals surface area (Å²) in [4.78, 5) is 29.6. The highest BCUT2D eigenvalue weighted by atomic mass is 32.2. The van der Waals surface area contributed by atoms with Crippen LogP contribution in [0.1, 0.15) is 12.5 Å². The highest BCUT2D eigenvalue weighted by Gasteiger charge is 2.33. The molecule has 0 aliphatic carbocycles. The van der Waals surface area contributed by atoms with Crippen LogP contribution in [0.15, 0.2) is 52.3 Å². The molecule has 4 rings (SSSR count). The molecule has 1 aliphatic rings. The minimum Gasteiger partial charge on any atom is -0.329 e. The number of hydrogen-bond donors (Lipinski definition) is 2. The van der Waals surface area contributed by atoms with Crippen LogP contribution in [0.3, 0.4) is 0 Å². The van der Waals surface area contributed by atoms with Gasteiger partial charge in [0, 0.05) is 41.8 Å². The first-order valence-electron chi connectivity index (χ1n) is 8.78. The predicted octanol–water partition coefficient (Wildman–Crippen LogP) is 2.79. The third kappa shape index (κ3) is 3.03. The van der Waals surface area contributed by atoms with Gasteiger partial charge < -0.3 is 10.3 Å². The van der Waals surface area contributed by atoms with Gasteiger partial charge in [0.15, 0.2) is 5.69 Å². The van der Waals surface area contributed by atoms with E-state index >= 15 is 0 Å². The molecule has 0 saturated heterocycles. The van der Waals surface area contributed by atoms with Crippen molar-refractivity contribution in [1.29, 1.82) is 0 Å². The Morgan fingerprint density at radius 1 is 1.24 bits per heavy atom. The number of fused-ring (bicyclic) bond motifs is 2. The summed E-state index contributed by atoms with van der Waals surface area (Å²) in [7, 11) is -4.00. The maximum atomic E-state index is 13.5. The molecule has 8 nitrogen and oxygen atoms in total. The van der Waals surface area contributed by atoms with Gasteiger partial charge in [0.05, 0.1) is 11.5 Å². The first-order valence-corrected chi connectivity index (χ1v) is 10.2. The van der Waals surface area contributed by atoms with Gasteiger partial charge >= 0.3 is 0 Å². The Kier molecular flexibility index (Phi) is 4.36. The van der Waals surface area contributed by atoms with Crippen molar-refractivity contribution in [1.82, 2.24) is 4.98 Å². The van der Waals surface area contributed by atoms with E-state index in [1.54, 1.807) is 18.2 Å². The lowest BCUT2D eigenvalue weighted by Crippen LogP contribution is -2.29. The molecule has 9 heteroatoms.